The first kappa shape index (κ1) is 21.5. The Balaban J connectivity index is 1.73. The Bertz CT molecular complexity index is 1070. The average Bonchev–Trinajstić information content (AvgIpc) is 3.47. The minimum absolute atomic E-state index is 0.0417. The molecule has 0 spiro atoms. The monoisotopic (exact) mass is 455 g/mol. The molecule has 3 aromatic heterocycles. The highest BCUT2D eigenvalue weighted by molar-refractivity contribution is 7.80. The van der Waals surface area contributed by atoms with Crippen molar-refractivity contribution in [2.24, 2.45) is 0 Å². The molecule has 1 aliphatic rings. The van der Waals surface area contributed by atoms with Gasteiger partial charge in [-0.25, -0.2) is 4.98 Å². The molecule has 0 bridgehead atoms. The lowest BCUT2D eigenvalue weighted by atomic mass is 9.96. The fourth-order valence-electron chi connectivity index (χ4n) is 4.19. The molecule has 7 nitrogen and oxygen atoms in total. The number of carbonyl (C=O) groups excluding carboxylic acids is 1. The molecule has 0 aliphatic carbocycles. The van der Waals surface area contributed by atoms with E-state index < -0.39 is 0 Å². The van der Waals surface area contributed by atoms with Gasteiger partial charge in [0.2, 0.25) is 0 Å². The number of aryl methyl sites for hydroxylation is 1. The van der Waals surface area contributed by atoms with Crippen LogP contribution < -0.4 is 5.32 Å². The van der Waals surface area contributed by atoms with Gasteiger partial charge in [0, 0.05) is 42.1 Å². The summed E-state index contributed by atoms with van der Waals surface area (Å²) < 4.78 is 6.98. The predicted molar refractivity (Wildman–Crippen MR) is 124 cm³/mol. The third-order valence-electron chi connectivity index (χ3n) is 5.60. The van der Waals surface area contributed by atoms with Crippen LogP contribution in [0.4, 0.5) is 0 Å². The highest BCUT2D eigenvalue weighted by Crippen LogP contribution is 2.41. The highest BCUT2D eigenvalue weighted by atomic mass is 32.1. The zero-order chi connectivity index (χ0) is 22.0. The summed E-state index contributed by atoms with van der Waals surface area (Å²) in [5, 5.41) is 7.07. The number of ether oxygens (including phenoxy) is 1. The first-order chi connectivity index (χ1) is 15.0. The van der Waals surface area contributed by atoms with Gasteiger partial charge in [-0.3, -0.25) is 14.3 Å². The smallest absolute Gasteiger partial charge is 0.305 e. The van der Waals surface area contributed by atoms with Gasteiger partial charge in [0.1, 0.15) is 0 Å². The summed E-state index contributed by atoms with van der Waals surface area (Å²) in [6.07, 6.45) is 4.64. The van der Waals surface area contributed by atoms with Crippen LogP contribution in [0.5, 0.6) is 0 Å². The second-order valence-electron chi connectivity index (χ2n) is 7.48. The van der Waals surface area contributed by atoms with Crippen molar-refractivity contribution in [3.63, 3.8) is 0 Å². The van der Waals surface area contributed by atoms with Crippen LogP contribution in [0.15, 0.2) is 42.0 Å². The van der Waals surface area contributed by atoms with Crippen molar-refractivity contribution in [1.29, 1.82) is 0 Å². The van der Waals surface area contributed by atoms with E-state index in [0.717, 1.165) is 22.2 Å². The molecule has 9 heteroatoms. The number of carbonyl (C=O) groups is 1. The van der Waals surface area contributed by atoms with Gasteiger partial charge in [0.15, 0.2) is 10.2 Å². The van der Waals surface area contributed by atoms with Crippen LogP contribution in [-0.2, 0) is 9.53 Å². The minimum Gasteiger partial charge on any atom is -0.469 e. The van der Waals surface area contributed by atoms with E-state index >= 15 is 0 Å². The number of esters is 1. The van der Waals surface area contributed by atoms with Crippen LogP contribution >= 0.6 is 23.6 Å². The summed E-state index contributed by atoms with van der Waals surface area (Å²) in [6.45, 7) is 4.86. The van der Waals surface area contributed by atoms with Gasteiger partial charge in [-0.05, 0) is 56.2 Å². The van der Waals surface area contributed by atoms with Crippen molar-refractivity contribution >= 4 is 34.6 Å². The van der Waals surface area contributed by atoms with Gasteiger partial charge in [0.25, 0.3) is 0 Å². The van der Waals surface area contributed by atoms with Gasteiger partial charge in [-0.1, -0.05) is 6.07 Å². The van der Waals surface area contributed by atoms with Crippen LogP contribution in [0, 0.1) is 13.8 Å². The Morgan fingerprint density at radius 3 is 2.81 bits per heavy atom. The van der Waals surface area contributed by atoms with Crippen molar-refractivity contribution in [2.45, 2.75) is 38.8 Å². The number of pyridine rings is 1. The quantitative estimate of drug-likeness (QED) is 0.428. The second kappa shape index (κ2) is 9.15. The standard InChI is InChI=1S/C22H25N5O2S2/c1-14-13-16(15(2)27(14)22-24-10-12-31-22)20-19(17-7-4-5-9-23-17)25-21(30)26(20)11-6-8-18(28)29-3/h4-5,7,9-10,12-13,19-20H,6,8,11H2,1-3H3,(H,25,30)/t19-,20-/m0/s1. The fourth-order valence-corrected chi connectivity index (χ4v) is 5.27. The molecular weight excluding hydrogens is 430 g/mol. The molecule has 4 rings (SSSR count). The third-order valence-corrected chi connectivity index (χ3v) is 6.71. The maximum Gasteiger partial charge on any atom is 0.305 e. The lowest BCUT2D eigenvalue weighted by molar-refractivity contribution is -0.140. The van der Waals surface area contributed by atoms with Gasteiger partial charge in [-0.2, -0.15) is 0 Å². The maximum absolute atomic E-state index is 11.6. The molecular formula is C22H25N5O2S2. The molecule has 1 saturated heterocycles. The highest BCUT2D eigenvalue weighted by Gasteiger charge is 2.41. The second-order valence-corrected chi connectivity index (χ2v) is 8.74. The number of hydrogen-bond donors (Lipinski definition) is 1. The molecule has 0 radical (unpaired) electrons. The molecule has 1 aliphatic heterocycles. The van der Waals surface area contributed by atoms with E-state index in [9.17, 15) is 4.79 Å². The first-order valence-electron chi connectivity index (χ1n) is 10.1. The van der Waals surface area contributed by atoms with Gasteiger partial charge < -0.3 is 15.0 Å². The van der Waals surface area contributed by atoms with Crippen molar-refractivity contribution < 1.29 is 9.53 Å². The largest absolute Gasteiger partial charge is 0.469 e. The van der Waals surface area contributed by atoms with Gasteiger partial charge in [0.05, 0.1) is 24.9 Å². The van der Waals surface area contributed by atoms with E-state index in [2.05, 4.69) is 44.7 Å². The first-order valence-corrected chi connectivity index (χ1v) is 11.4. The topological polar surface area (TPSA) is 72.3 Å². The summed E-state index contributed by atoms with van der Waals surface area (Å²) >= 11 is 7.33. The Morgan fingerprint density at radius 2 is 2.13 bits per heavy atom. The normalized spacial score (nSPS) is 18.3. The SMILES string of the molecule is COC(=O)CCCN1C(=S)N[C@@H](c2ccccn2)[C@@H]1c1cc(C)n(-c2nccs2)c1C. The fraction of sp³-hybridized carbons (Fsp3) is 0.364. The molecule has 162 valence electrons. The summed E-state index contributed by atoms with van der Waals surface area (Å²) in [5.74, 6) is -0.210. The Morgan fingerprint density at radius 1 is 1.29 bits per heavy atom. The van der Waals surface area contributed by atoms with Crippen molar-refractivity contribution in [3.8, 4) is 5.13 Å². The molecule has 0 unspecified atom stereocenters. The third kappa shape index (κ3) is 4.20. The number of nitrogens with zero attached hydrogens (tertiary/aromatic N) is 4. The van der Waals surface area contributed by atoms with E-state index in [-0.39, 0.29) is 18.1 Å². The number of thiazole rings is 1. The molecule has 0 aromatic carbocycles. The predicted octanol–water partition coefficient (Wildman–Crippen LogP) is 3.87. The van der Waals surface area contributed by atoms with E-state index in [1.807, 2.05) is 29.8 Å². The Kier molecular flexibility index (Phi) is 6.33. The summed E-state index contributed by atoms with van der Waals surface area (Å²) in [4.78, 5) is 22.9. The van der Waals surface area contributed by atoms with Crippen LogP contribution in [0.1, 0.15) is 47.6 Å². The number of thiocarbonyl (C=S) groups is 1. The number of aromatic nitrogens is 3. The molecule has 1 N–H and O–H groups in total. The molecule has 0 amide bonds. The van der Waals surface area contributed by atoms with Crippen LogP contribution in [-0.4, -0.2) is 44.2 Å². The van der Waals surface area contributed by atoms with Crippen molar-refractivity contribution in [1.82, 2.24) is 24.8 Å². The van der Waals surface area contributed by atoms with Crippen LogP contribution in [0.2, 0.25) is 0 Å². The van der Waals surface area contributed by atoms with Gasteiger partial charge >= 0.3 is 5.97 Å². The van der Waals surface area contributed by atoms with Crippen molar-refractivity contribution in [3.05, 3.63) is 64.7 Å². The molecule has 31 heavy (non-hydrogen) atoms. The zero-order valence-corrected chi connectivity index (χ0v) is 19.4. The van der Waals surface area contributed by atoms with Gasteiger partial charge in [-0.15, -0.1) is 11.3 Å². The lowest BCUT2D eigenvalue weighted by Gasteiger charge is -2.28. The average molecular weight is 456 g/mol. The van der Waals surface area contributed by atoms with E-state index in [1.165, 1.54) is 12.7 Å². The zero-order valence-electron chi connectivity index (χ0n) is 17.7. The molecule has 4 heterocycles. The minimum atomic E-state index is -0.210. The molecule has 2 atom stereocenters. The molecule has 3 aromatic rings. The van der Waals surface area contributed by atoms with Crippen molar-refractivity contribution in [2.75, 3.05) is 13.7 Å². The maximum atomic E-state index is 11.6. The van der Waals surface area contributed by atoms with Crippen LogP contribution in [0.3, 0.4) is 0 Å². The number of methoxy groups -OCH3 is 1. The summed E-state index contributed by atoms with van der Waals surface area (Å²) in [7, 11) is 1.41. The Labute approximate surface area is 191 Å². The summed E-state index contributed by atoms with van der Waals surface area (Å²) in [6, 6.07) is 8.00. The van der Waals surface area contributed by atoms with E-state index in [0.29, 0.717) is 24.5 Å². The van der Waals surface area contributed by atoms with Crippen LogP contribution in [0.25, 0.3) is 5.13 Å². The van der Waals surface area contributed by atoms with E-state index in [4.69, 9.17) is 17.0 Å². The summed E-state index contributed by atoms with van der Waals surface area (Å²) in [5.41, 5.74) is 4.36. The lowest BCUT2D eigenvalue weighted by Crippen LogP contribution is -2.31. The van der Waals surface area contributed by atoms with E-state index in [1.54, 1.807) is 17.5 Å². The number of nitrogens with one attached hydrogen (secondary N) is 1. The number of hydrogen-bond acceptors (Lipinski definition) is 6. The Hall–Kier alpha value is -2.78. The molecule has 0 saturated carbocycles. The number of rotatable bonds is 7. The molecule has 1 fully saturated rings.